The van der Waals surface area contributed by atoms with Crippen molar-refractivity contribution in [3.63, 3.8) is 0 Å². The van der Waals surface area contributed by atoms with Crippen LogP contribution in [0.5, 0.6) is 0 Å². The minimum Gasteiger partial charge on any atom is -0.374 e. The molecule has 1 fully saturated rings. The van der Waals surface area contributed by atoms with E-state index in [4.69, 9.17) is 0 Å². The molecule has 0 radical (unpaired) electrons. The molecule has 6 nitrogen and oxygen atoms in total. The summed E-state index contributed by atoms with van der Waals surface area (Å²) in [5.41, 5.74) is 2.44. The molecule has 172 valence electrons. The summed E-state index contributed by atoms with van der Waals surface area (Å²) in [7, 11) is 0. The molecule has 2 amide bonds. The lowest BCUT2D eigenvalue weighted by molar-refractivity contribution is -0.124. The number of thioether (sulfide) groups is 1. The van der Waals surface area contributed by atoms with E-state index in [-0.39, 0.29) is 0 Å². The topological polar surface area (TPSA) is 73.5 Å². The standard InChI is InChI=1S/C22H25F3N4O2S/c1-13-11-15(29-7-9-32-10-8-29)3-5-17(13)27-14(2)22(31)26-12-19(30)28-18-6-4-16(23)20(24)21(18)25/h3-6,11,14,27H,7-10,12H2,1-2H3,(H,26,31)(H,28,30). The van der Waals surface area contributed by atoms with Gasteiger partial charge in [-0.1, -0.05) is 0 Å². The molecular formula is C22H25F3N4O2S. The molecule has 3 rings (SSSR count). The van der Waals surface area contributed by atoms with Gasteiger partial charge in [-0.3, -0.25) is 9.59 Å². The van der Waals surface area contributed by atoms with Gasteiger partial charge in [-0.05, 0) is 49.7 Å². The molecule has 1 saturated heterocycles. The Morgan fingerprint density at radius 3 is 2.44 bits per heavy atom. The first kappa shape index (κ1) is 23.8. The third-order valence-corrected chi connectivity index (χ3v) is 6.03. The smallest absolute Gasteiger partial charge is 0.243 e. The predicted molar refractivity (Wildman–Crippen MR) is 122 cm³/mol. The van der Waals surface area contributed by atoms with Crippen molar-refractivity contribution in [1.29, 1.82) is 0 Å². The van der Waals surface area contributed by atoms with Crippen molar-refractivity contribution in [2.24, 2.45) is 0 Å². The van der Waals surface area contributed by atoms with Crippen molar-refractivity contribution in [2.75, 3.05) is 46.7 Å². The molecule has 1 aliphatic heterocycles. The van der Waals surface area contributed by atoms with Crippen LogP contribution >= 0.6 is 11.8 Å². The lowest BCUT2D eigenvalue weighted by atomic mass is 10.1. The molecule has 0 aromatic heterocycles. The van der Waals surface area contributed by atoms with Gasteiger partial charge in [-0.25, -0.2) is 13.2 Å². The highest BCUT2D eigenvalue weighted by molar-refractivity contribution is 7.99. The summed E-state index contributed by atoms with van der Waals surface area (Å²) in [4.78, 5) is 26.6. The SMILES string of the molecule is Cc1cc(N2CCSCC2)ccc1NC(C)C(=O)NCC(=O)Nc1ccc(F)c(F)c1F. The normalized spacial score (nSPS) is 14.6. The van der Waals surface area contributed by atoms with Crippen LogP contribution in [-0.2, 0) is 9.59 Å². The molecule has 2 aromatic rings. The van der Waals surface area contributed by atoms with E-state index in [9.17, 15) is 22.8 Å². The van der Waals surface area contributed by atoms with Gasteiger partial charge < -0.3 is 20.9 Å². The number of hydrogen-bond acceptors (Lipinski definition) is 5. The first-order valence-electron chi connectivity index (χ1n) is 10.2. The molecule has 0 aliphatic carbocycles. The highest BCUT2D eigenvalue weighted by Crippen LogP contribution is 2.25. The maximum Gasteiger partial charge on any atom is 0.243 e. The minimum atomic E-state index is -1.68. The number of amides is 2. The molecule has 32 heavy (non-hydrogen) atoms. The number of carbonyl (C=O) groups excluding carboxylic acids is 2. The molecule has 3 N–H and O–H groups in total. The highest BCUT2D eigenvalue weighted by atomic mass is 32.2. The molecule has 2 aromatic carbocycles. The zero-order chi connectivity index (χ0) is 23.3. The van der Waals surface area contributed by atoms with E-state index in [0.29, 0.717) is 6.07 Å². The van der Waals surface area contributed by atoms with E-state index in [0.717, 1.165) is 47.6 Å². The van der Waals surface area contributed by atoms with Crippen LogP contribution in [0.2, 0.25) is 0 Å². The Morgan fingerprint density at radius 1 is 1.06 bits per heavy atom. The van der Waals surface area contributed by atoms with Crippen molar-refractivity contribution in [3.8, 4) is 0 Å². The van der Waals surface area contributed by atoms with Gasteiger partial charge in [0.05, 0.1) is 12.2 Å². The summed E-state index contributed by atoms with van der Waals surface area (Å²) >= 11 is 1.94. The Bertz CT molecular complexity index is 999. The number of rotatable bonds is 7. The zero-order valence-corrected chi connectivity index (χ0v) is 18.6. The Hall–Kier alpha value is -2.88. The van der Waals surface area contributed by atoms with E-state index in [1.807, 2.05) is 30.8 Å². The van der Waals surface area contributed by atoms with Crippen LogP contribution in [0.25, 0.3) is 0 Å². The zero-order valence-electron chi connectivity index (χ0n) is 17.8. The minimum absolute atomic E-state index is 0.442. The van der Waals surface area contributed by atoms with Crippen LogP contribution in [0.1, 0.15) is 12.5 Å². The van der Waals surface area contributed by atoms with E-state index in [2.05, 4.69) is 26.9 Å². The molecule has 0 bridgehead atoms. The van der Waals surface area contributed by atoms with Crippen molar-refractivity contribution < 1.29 is 22.8 Å². The maximum atomic E-state index is 13.6. The lowest BCUT2D eigenvalue weighted by Crippen LogP contribution is -2.41. The second-order valence-corrected chi connectivity index (χ2v) is 8.68. The van der Waals surface area contributed by atoms with Gasteiger partial charge in [0.25, 0.3) is 0 Å². The summed E-state index contributed by atoms with van der Waals surface area (Å²) in [6, 6.07) is 6.99. The van der Waals surface area contributed by atoms with Crippen LogP contribution in [0.15, 0.2) is 30.3 Å². The van der Waals surface area contributed by atoms with Crippen LogP contribution in [0.4, 0.5) is 30.2 Å². The van der Waals surface area contributed by atoms with Crippen molar-refractivity contribution >= 4 is 40.6 Å². The van der Waals surface area contributed by atoms with E-state index in [1.165, 1.54) is 0 Å². The van der Waals surface area contributed by atoms with Gasteiger partial charge >= 0.3 is 0 Å². The first-order chi connectivity index (χ1) is 15.3. The number of hydrogen-bond donors (Lipinski definition) is 3. The third kappa shape index (κ3) is 5.87. The monoisotopic (exact) mass is 466 g/mol. The van der Waals surface area contributed by atoms with E-state index in [1.54, 1.807) is 6.92 Å². The van der Waals surface area contributed by atoms with Gasteiger partial charge in [-0.15, -0.1) is 0 Å². The number of aryl methyl sites for hydroxylation is 1. The van der Waals surface area contributed by atoms with Gasteiger partial charge in [-0.2, -0.15) is 11.8 Å². The summed E-state index contributed by atoms with van der Waals surface area (Å²) in [5.74, 6) is -3.53. The number of carbonyl (C=O) groups is 2. The molecule has 1 heterocycles. The summed E-state index contributed by atoms with van der Waals surface area (Å²) in [5, 5.41) is 7.66. The number of halogens is 3. The highest BCUT2D eigenvalue weighted by Gasteiger charge is 2.18. The number of nitrogens with one attached hydrogen (secondary N) is 3. The third-order valence-electron chi connectivity index (χ3n) is 5.08. The molecule has 0 saturated carbocycles. The van der Waals surface area contributed by atoms with Crippen molar-refractivity contribution in [1.82, 2.24) is 5.32 Å². The van der Waals surface area contributed by atoms with E-state index < -0.39 is 47.5 Å². The van der Waals surface area contributed by atoms with Crippen molar-refractivity contribution in [3.05, 3.63) is 53.3 Å². The fraction of sp³-hybridized carbons (Fsp3) is 0.364. The van der Waals surface area contributed by atoms with Crippen LogP contribution in [0, 0.1) is 24.4 Å². The van der Waals surface area contributed by atoms with Gasteiger partial charge in [0.1, 0.15) is 6.04 Å². The van der Waals surface area contributed by atoms with Crippen LogP contribution in [-0.4, -0.2) is 49.0 Å². The fourth-order valence-electron chi connectivity index (χ4n) is 3.26. The number of nitrogens with zero attached hydrogens (tertiary/aromatic N) is 1. The van der Waals surface area contributed by atoms with Crippen molar-refractivity contribution in [2.45, 2.75) is 19.9 Å². The van der Waals surface area contributed by atoms with Crippen LogP contribution in [0.3, 0.4) is 0 Å². The Labute approximate surface area is 188 Å². The summed E-state index contributed by atoms with van der Waals surface area (Å²) in [6.07, 6.45) is 0. The Kier molecular flexibility index (Phi) is 7.89. The fourth-order valence-corrected chi connectivity index (χ4v) is 4.17. The lowest BCUT2D eigenvalue weighted by Gasteiger charge is -2.29. The summed E-state index contributed by atoms with van der Waals surface area (Å²) in [6.45, 7) is 5.17. The van der Waals surface area contributed by atoms with Gasteiger partial charge in [0.2, 0.25) is 11.8 Å². The first-order valence-corrected chi connectivity index (χ1v) is 11.3. The van der Waals surface area contributed by atoms with Crippen LogP contribution < -0.4 is 20.9 Å². The Morgan fingerprint density at radius 2 is 1.75 bits per heavy atom. The Balaban J connectivity index is 1.51. The average Bonchev–Trinajstić information content (AvgIpc) is 2.79. The maximum absolute atomic E-state index is 13.6. The molecular weight excluding hydrogens is 441 g/mol. The second kappa shape index (κ2) is 10.6. The quantitative estimate of drug-likeness (QED) is 0.545. The number of anilines is 3. The van der Waals surface area contributed by atoms with Gasteiger partial charge in [0, 0.05) is 36.0 Å². The predicted octanol–water partition coefficient (Wildman–Crippen LogP) is 3.52. The summed E-state index contributed by atoms with van der Waals surface area (Å²) < 4.78 is 39.9. The van der Waals surface area contributed by atoms with Gasteiger partial charge in [0.15, 0.2) is 17.5 Å². The van der Waals surface area contributed by atoms with E-state index >= 15 is 0 Å². The largest absolute Gasteiger partial charge is 0.374 e. The molecule has 1 aliphatic rings. The molecule has 10 heteroatoms. The average molecular weight is 467 g/mol. The molecule has 1 atom stereocenters. The molecule has 0 spiro atoms. The number of benzene rings is 2. The second-order valence-electron chi connectivity index (χ2n) is 7.45. The molecule has 1 unspecified atom stereocenters.